The second-order valence-electron chi connectivity index (χ2n) is 5.80. The number of aryl methyl sites for hydroxylation is 1. The monoisotopic (exact) mass is 360 g/mol. The Bertz CT molecular complexity index is 886. The van der Waals surface area contributed by atoms with E-state index in [2.05, 4.69) is 5.32 Å². The van der Waals surface area contributed by atoms with E-state index in [-0.39, 0.29) is 11.7 Å². The summed E-state index contributed by atoms with van der Waals surface area (Å²) in [6.45, 7) is 2.15. The van der Waals surface area contributed by atoms with Crippen LogP contribution < -0.4 is 9.62 Å². The van der Waals surface area contributed by atoms with Gasteiger partial charge in [0.1, 0.15) is 0 Å². The van der Waals surface area contributed by atoms with Gasteiger partial charge in [-0.1, -0.05) is 0 Å². The topological polar surface area (TPSA) is 79.6 Å². The second-order valence-corrected chi connectivity index (χ2v) is 7.98. The van der Waals surface area contributed by atoms with Crippen molar-refractivity contribution in [1.29, 1.82) is 0 Å². The maximum atomic E-state index is 12.2. The molecule has 0 unspecified atom stereocenters. The molecule has 2 heterocycles. The first-order chi connectivity index (χ1) is 12.0. The lowest BCUT2D eigenvalue weighted by Gasteiger charge is -2.30. The third kappa shape index (κ3) is 3.93. The van der Waals surface area contributed by atoms with Crippen LogP contribution in [0.25, 0.3) is 6.08 Å². The third-order valence-corrected chi connectivity index (χ3v) is 5.87. The highest BCUT2D eigenvalue weighted by molar-refractivity contribution is 7.92. The van der Waals surface area contributed by atoms with Crippen LogP contribution in [0.2, 0.25) is 0 Å². The summed E-state index contributed by atoms with van der Waals surface area (Å²) < 4.78 is 30.8. The van der Waals surface area contributed by atoms with Gasteiger partial charge in [-0.15, -0.1) is 0 Å². The van der Waals surface area contributed by atoms with E-state index in [4.69, 9.17) is 4.42 Å². The summed E-state index contributed by atoms with van der Waals surface area (Å²) in [7, 11) is -3.28. The number of furan rings is 1. The van der Waals surface area contributed by atoms with Crippen LogP contribution in [0, 0.1) is 0 Å². The van der Waals surface area contributed by atoms with Gasteiger partial charge in [-0.3, -0.25) is 9.10 Å². The minimum absolute atomic E-state index is 0.0731. The van der Waals surface area contributed by atoms with E-state index >= 15 is 0 Å². The summed E-state index contributed by atoms with van der Waals surface area (Å²) in [4.78, 5) is 12.0. The molecule has 1 aromatic carbocycles. The lowest BCUT2D eigenvalue weighted by molar-refractivity contribution is -0.111. The summed E-state index contributed by atoms with van der Waals surface area (Å²) in [5.41, 5.74) is 3.09. The van der Waals surface area contributed by atoms with E-state index < -0.39 is 10.0 Å². The molecule has 0 fully saturated rings. The van der Waals surface area contributed by atoms with Crippen LogP contribution in [0.15, 0.2) is 47.3 Å². The van der Waals surface area contributed by atoms with Crippen molar-refractivity contribution < 1.29 is 17.6 Å². The summed E-state index contributed by atoms with van der Waals surface area (Å²) in [5.74, 6) is -0.181. The van der Waals surface area contributed by atoms with E-state index in [9.17, 15) is 13.2 Å². The molecule has 0 saturated carbocycles. The maximum absolute atomic E-state index is 12.2. The van der Waals surface area contributed by atoms with E-state index in [1.165, 1.54) is 16.6 Å². The third-order valence-electron chi connectivity index (χ3n) is 4.09. The number of benzene rings is 1. The molecule has 2 aromatic rings. The SMILES string of the molecule is CCS(=O)(=O)N1CCCc2cc(NC(=O)C=Cc3ccoc3)ccc21. The molecule has 7 heteroatoms. The number of fused-ring (bicyclic) bond motifs is 1. The highest BCUT2D eigenvalue weighted by atomic mass is 32.2. The van der Waals surface area contributed by atoms with Crippen LogP contribution in [-0.4, -0.2) is 26.6 Å². The van der Waals surface area contributed by atoms with Crippen LogP contribution in [-0.2, 0) is 21.2 Å². The van der Waals surface area contributed by atoms with Gasteiger partial charge in [0.2, 0.25) is 15.9 Å². The molecule has 3 rings (SSSR count). The maximum Gasteiger partial charge on any atom is 0.248 e. The Morgan fingerprint density at radius 1 is 1.36 bits per heavy atom. The number of sulfonamides is 1. The van der Waals surface area contributed by atoms with Crippen molar-refractivity contribution in [3.05, 3.63) is 54.0 Å². The number of hydrogen-bond acceptors (Lipinski definition) is 4. The fourth-order valence-corrected chi connectivity index (χ4v) is 4.01. The lowest BCUT2D eigenvalue weighted by Crippen LogP contribution is -2.36. The van der Waals surface area contributed by atoms with Crippen molar-refractivity contribution >= 4 is 33.4 Å². The number of anilines is 2. The number of nitrogens with zero attached hydrogens (tertiary/aromatic N) is 1. The molecule has 25 heavy (non-hydrogen) atoms. The molecule has 0 radical (unpaired) electrons. The molecule has 0 aliphatic carbocycles. The first-order valence-electron chi connectivity index (χ1n) is 8.14. The molecule has 1 amide bonds. The van der Waals surface area contributed by atoms with Crippen LogP contribution in [0.4, 0.5) is 11.4 Å². The van der Waals surface area contributed by atoms with Crippen LogP contribution in [0.3, 0.4) is 0 Å². The minimum atomic E-state index is -3.28. The molecule has 0 spiro atoms. The first-order valence-corrected chi connectivity index (χ1v) is 9.75. The van der Waals surface area contributed by atoms with Gasteiger partial charge in [-0.05, 0) is 55.7 Å². The first kappa shape index (κ1) is 17.3. The summed E-state index contributed by atoms with van der Waals surface area (Å²) in [6.07, 6.45) is 7.73. The minimum Gasteiger partial charge on any atom is -0.472 e. The number of amides is 1. The van der Waals surface area contributed by atoms with Gasteiger partial charge < -0.3 is 9.73 Å². The number of nitrogens with one attached hydrogen (secondary N) is 1. The largest absolute Gasteiger partial charge is 0.472 e. The molecule has 6 nitrogen and oxygen atoms in total. The van der Waals surface area contributed by atoms with Gasteiger partial charge in [0.15, 0.2) is 0 Å². The van der Waals surface area contributed by atoms with Crippen LogP contribution in [0.5, 0.6) is 0 Å². The number of carbonyl (C=O) groups excluding carboxylic acids is 1. The van der Waals surface area contributed by atoms with Gasteiger partial charge in [-0.25, -0.2) is 8.42 Å². The Balaban J connectivity index is 1.76. The Morgan fingerprint density at radius 2 is 2.20 bits per heavy atom. The van der Waals surface area contributed by atoms with Crippen molar-refractivity contribution in [2.45, 2.75) is 19.8 Å². The van der Waals surface area contributed by atoms with E-state index in [0.29, 0.717) is 17.9 Å². The number of hydrogen-bond donors (Lipinski definition) is 1. The summed E-state index contributed by atoms with van der Waals surface area (Å²) in [5, 5.41) is 2.80. The average molecular weight is 360 g/mol. The molecule has 0 saturated heterocycles. The van der Waals surface area contributed by atoms with Crippen molar-refractivity contribution in [3.8, 4) is 0 Å². The lowest BCUT2D eigenvalue weighted by atomic mass is 10.0. The summed E-state index contributed by atoms with van der Waals surface area (Å²) in [6, 6.07) is 7.09. The van der Waals surface area contributed by atoms with Gasteiger partial charge in [0, 0.05) is 23.9 Å². The molecule has 1 N–H and O–H groups in total. The van der Waals surface area contributed by atoms with Crippen molar-refractivity contribution in [3.63, 3.8) is 0 Å². The van der Waals surface area contributed by atoms with Gasteiger partial charge in [0.05, 0.1) is 24.0 Å². The van der Waals surface area contributed by atoms with Gasteiger partial charge >= 0.3 is 0 Å². The Kier molecular flexibility index (Phi) is 4.94. The zero-order valence-electron chi connectivity index (χ0n) is 13.9. The highest BCUT2D eigenvalue weighted by Crippen LogP contribution is 2.31. The van der Waals surface area contributed by atoms with E-state index in [0.717, 1.165) is 24.0 Å². The molecule has 1 aromatic heterocycles. The number of carbonyl (C=O) groups is 1. The number of rotatable bonds is 5. The zero-order valence-corrected chi connectivity index (χ0v) is 14.8. The van der Waals surface area contributed by atoms with E-state index in [1.807, 2.05) is 6.07 Å². The predicted octanol–water partition coefficient (Wildman–Crippen LogP) is 3.03. The Labute approximate surface area is 147 Å². The fraction of sp³-hybridized carbons (Fsp3) is 0.278. The highest BCUT2D eigenvalue weighted by Gasteiger charge is 2.26. The quantitative estimate of drug-likeness (QED) is 0.831. The van der Waals surface area contributed by atoms with Crippen molar-refractivity contribution in [2.24, 2.45) is 0 Å². The van der Waals surface area contributed by atoms with Gasteiger partial charge in [-0.2, -0.15) is 0 Å². The van der Waals surface area contributed by atoms with Crippen molar-refractivity contribution in [1.82, 2.24) is 0 Å². The molecular weight excluding hydrogens is 340 g/mol. The Morgan fingerprint density at radius 3 is 2.92 bits per heavy atom. The van der Waals surface area contributed by atoms with Crippen LogP contribution in [0.1, 0.15) is 24.5 Å². The molecule has 1 aliphatic rings. The standard InChI is InChI=1S/C18H20N2O4S/c1-2-25(22,23)20-10-3-4-15-12-16(6-7-17(15)20)19-18(21)8-5-14-9-11-24-13-14/h5-9,11-13H,2-4,10H2,1H3,(H,19,21). The van der Waals surface area contributed by atoms with Crippen molar-refractivity contribution in [2.75, 3.05) is 21.9 Å². The normalized spacial score (nSPS) is 14.5. The van der Waals surface area contributed by atoms with E-state index in [1.54, 1.807) is 37.5 Å². The molecular formula is C18H20N2O4S. The summed E-state index contributed by atoms with van der Waals surface area (Å²) >= 11 is 0. The smallest absolute Gasteiger partial charge is 0.248 e. The van der Waals surface area contributed by atoms with Crippen LogP contribution >= 0.6 is 0 Å². The zero-order chi connectivity index (χ0) is 17.9. The fourth-order valence-electron chi connectivity index (χ4n) is 2.81. The molecule has 0 atom stereocenters. The predicted molar refractivity (Wildman–Crippen MR) is 97.9 cm³/mol. The molecule has 1 aliphatic heterocycles. The average Bonchev–Trinajstić information content (AvgIpc) is 3.13. The Hall–Kier alpha value is -2.54. The molecule has 0 bridgehead atoms. The second kappa shape index (κ2) is 7.14. The van der Waals surface area contributed by atoms with Gasteiger partial charge in [0.25, 0.3) is 0 Å². The molecule has 132 valence electrons.